The number of nitrogens with two attached hydrogens (primary N) is 1. The Labute approximate surface area is 169 Å². The van der Waals surface area contributed by atoms with Crippen molar-refractivity contribution in [3.05, 3.63) is 76.6 Å². The quantitative estimate of drug-likeness (QED) is 0.540. The van der Waals surface area contributed by atoms with Gasteiger partial charge in [-0.1, -0.05) is 29.8 Å². The fraction of sp³-hybridized carbons (Fsp3) is 0.217. The molecule has 2 aromatic heterocycles. The van der Waals surface area contributed by atoms with Gasteiger partial charge in [0.05, 0.1) is 11.0 Å². The van der Waals surface area contributed by atoms with Crippen LogP contribution in [-0.2, 0) is 0 Å². The zero-order chi connectivity index (χ0) is 20.3. The summed E-state index contributed by atoms with van der Waals surface area (Å²) in [5, 5.41) is 3.11. The van der Waals surface area contributed by atoms with Crippen molar-refractivity contribution in [2.24, 2.45) is 10.7 Å². The molecule has 3 N–H and O–H groups in total. The number of aromatic nitrogens is 3. The minimum atomic E-state index is -0.260. The number of hydrogen-bond acceptors (Lipinski definition) is 4. The highest BCUT2D eigenvalue weighted by Gasteiger charge is 2.28. The summed E-state index contributed by atoms with van der Waals surface area (Å²) in [5.74, 6) is 1.11. The number of hydrogen-bond donors (Lipinski definition) is 2. The lowest BCUT2D eigenvalue weighted by atomic mass is 10.1. The Kier molecular flexibility index (Phi) is 3.77. The van der Waals surface area contributed by atoms with Crippen molar-refractivity contribution >= 4 is 22.9 Å². The maximum absolute atomic E-state index is 6.12. The number of fused-ring (bicyclic) bond motifs is 3. The fourth-order valence-electron chi connectivity index (χ4n) is 4.40. The Bertz CT molecular complexity index is 1290. The standard InChI is InChI=1S/C23H24N6/c1-13-9-10-19(14(2)11-13)28-15(3)12-17(16(28)4)21-26-22(24)27-23-25-18-7-5-6-8-20(18)29(21)23/h5-12,21H,1-4H3,(H3,24,25,26,27)/t21-/m1/s1. The number of rotatable bonds is 2. The van der Waals surface area contributed by atoms with E-state index in [2.05, 4.69) is 72.5 Å². The lowest BCUT2D eigenvalue weighted by molar-refractivity contribution is 0.621. The molecule has 0 unspecified atom stereocenters. The van der Waals surface area contributed by atoms with Gasteiger partial charge < -0.3 is 10.3 Å². The van der Waals surface area contributed by atoms with Crippen molar-refractivity contribution in [2.45, 2.75) is 33.9 Å². The maximum atomic E-state index is 6.12. The summed E-state index contributed by atoms with van der Waals surface area (Å²) in [4.78, 5) is 9.46. The third kappa shape index (κ3) is 2.63. The van der Waals surface area contributed by atoms with Crippen molar-refractivity contribution in [3.63, 3.8) is 0 Å². The summed E-state index contributed by atoms with van der Waals surface area (Å²) in [7, 11) is 0. The highest BCUT2D eigenvalue weighted by molar-refractivity contribution is 5.94. The van der Waals surface area contributed by atoms with Crippen molar-refractivity contribution < 1.29 is 0 Å². The van der Waals surface area contributed by atoms with E-state index in [4.69, 9.17) is 15.7 Å². The SMILES string of the molecule is Cc1ccc(-n2c(C)cc([C@@H]3N=C(N)Nc4nc5ccccc5n43)c2C)c(C)c1. The van der Waals surface area contributed by atoms with Gasteiger partial charge in [-0.15, -0.1) is 0 Å². The van der Waals surface area contributed by atoms with Crippen molar-refractivity contribution in [3.8, 4) is 5.69 Å². The Balaban J connectivity index is 1.72. The number of imidazole rings is 1. The fourth-order valence-corrected chi connectivity index (χ4v) is 4.40. The van der Waals surface area contributed by atoms with Crippen LogP contribution in [0.1, 0.15) is 34.2 Å². The van der Waals surface area contributed by atoms with Gasteiger partial charge in [0.25, 0.3) is 0 Å². The Morgan fingerprint density at radius 3 is 2.59 bits per heavy atom. The molecule has 1 atom stereocenters. The molecule has 3 heterocycles. The molecule has 6 nitrogen and oxygen atoms in total. The molecular formula is C23H24N6. The Morgan fingerprint density at radius 2 is 1.79 bits per heavy atom. The first-order chi connectivity index (χ1) is 13.9. The molecule has 0 radical (unpaired) electrons. The van der Waals surface area contributed by atoms with Crippen LogP contribution >= 0.6 is 0 Å². The molecule has 4 aromatic rings. The van der Waals surface area contributed by atoms with E-state index in [0.717, 1.165) is 28.2 Å². The van der Waals surface area contributed by atoms with Gasteiger partial charge in [-0.2, -0.15) is 0 Å². The van der Waals surface area contributed by atoms with Crippen LogP contribution in [0.4, 0.5) is 5.95 Å². The second-order valence-electron chi connectivity index (χ2n) is 7.76. The molecule has 146 valence electrons. The first kappa shape index (κ1) is 17.6. The van der Waals surface area contributed by atoms with E-state index in [1.165, 1.54) is 22.5 Å². The molecule has 6 heteroatoms. The van der Waals surface area contributed by atoms with Crippen LogP contribution in [0, 0.1) is 27.7 Å². The summed E-state index contributed by atoms with van der Waals surface area (Å²) in [6, 6.07) is 16.9. The molecule has 1 aliphatic rings. The number of aryl methyl sites for hydroxylation is 3. The van der Waals surface area contributed by atoms with Crippen molar-refractivity contribution in [2.75, 3.05) is 5.32 Å². The summed E-state index contributed by atoms with van der Waals surface area (Å²) in [6.45, 7) is 8.56. The number of anilines is 1. The normalized spacial score (nSPS) is 15.9. The summed E-state index contributed by atoms with van der Waals surface area (Å²) in [6.07, 6.45) is -0.260. The van der Waals surface area contributed by atoms with E-state index < -0.39 is 0 Å². The van der Waals surface area contributed by atoms with Crippen LogP contribution in [0.2, 0.25) is 0 Å². The van der Waals surface area contributed by atoms with Gasteiger partial charge in [-0.25, -0.2) is 9.98 Å². The van der Waals surface area contributed by atoms with Crippen LogP contribution in [0.3, 0.4) is 0 Å². The summed E-state index contributed by atoms with van der Waals surface area (Å²) in [5.41, 5.74) is 15.2. The predicted molar refractivity (Wildman–Crippen MR) is 118 cm³/mol. The number of benzene rings is 2. The number of guanidine groups is 1. The molecule has 0 fully saturated rings. The highest BCUT2D eigenvalue weighted by atomic mass is 15.4. The van der Waals surface area contributed by atoms with E-state index in [-0.39, 0.29) is 6.17 Å². The third-order valence-corrected chi connectivity index (χ3v) is 5.68. The monoisotopic (exact) mass is 384 g/mol. The molecule has 0 spiro atoms. The largest absolute Gasteiger partial charge is 0.370 e. The second kappa shape index (κ2) is 6.24. The molecule has 1 aliphatic heterocycles. The second-order valence-corrected chi connectivity index (χ2v) is 7.76. The average Bonchev–Trinajstić information content (AvgIpc) is 3.18. The number of aliphatic imine (C=N–C) groups is 1. The maximum Gasteiger partial charge on any atom is 0.212 e. The number of para-hydroxylation sites is 2. The molecule has 0 saturated carbocycles. The minimum Gasteiger partial charge on any atom is -0.370 e. The predicted octanol–water partition coefficient (Wildman–Crippen LogP) is 4.35. The molecule has 0 saturated heterocycles. The van der Waals surface area contributed by atoms with E-state index in [0.29, 0.717) is 5.96 Å². The molecule has 5 rings (SSSR count). The first-order valence-corrected chi connectivity index (χ1v) is 9.78. The van der Waals surface area contributed by atoms with Gasteiger partial charge in [0.15, 0.2) is 12.1 Å². The molecule has 0 aliphatic carbocycles. The van der Waals surface area contributed by atoms with Gasteiger partial charge in [0.2, 0.25) is 5.95 Å². The van der Waals surface area contributed by atoms with E-state index in [1.54, 1.807) is 0 Å². The van der Waals surface area contributed by atoms with E-state index in [1.807, 2.05) is 18.2 Å². The Hall–Kier alpha value is -3.54. The molecule has 0 amide bonds. The van der Waals surface area contributed by atoms with Gasteiger partial charge >= 0.3 is 0 Å². The molecule has 2 aromatic carbocycles. The number of nitrogens with zero attached hydrogens (tertiary/aromatic N) is 4. The van der Waals surface area contributed by atoms with E-state index in [9.17, 15) is 0 Å². The lowest BCUT2D eigenvalue weighted by Gasteiger charge is -2.24. The summed E-state index contributed by atoms with van der Waals surface area (Å²) >= 11 is 0. The first-order valence-electron chi connectivity index (χ1n) is 9.78. The average molecular weight is 384 g/mol. The van der Waals surface area contributed by atoms with Crippen molar-refractivity contribution in [1.82, 2.24) is 14.1 Å². The Morgan fingerprint density at radius 1 is 1.00 bits per heavy atom. The van der Waals surface area contributed by atoms with Crippen LogP contribution in [-0.4, -0.2) is 20.1 Å². The number of nitrogens with one attached hydrogen (secondary N) is 1. The topological polar surface area (TPSA) is 73.2 Å². The van der Waals surface area contributed by atoms with Gasteiger partial charge in [0.1, 0.15) is 0 Å². The third-order valence-electron chi connectivity index (χ3n) is 5.68. The lowest BCUT2D eigenvalue weighted by Crippen LogP contribution is -2.31. The smallest absolute Gasteiger partial charge is 0.212 e. The highest BCUT2D eigenvalue weighted by Crippen LogP contribution is 2.36. The molecular weight excluding hydrogens is 360 g/mol. The summed E-state index contributed by atoms with van der Waals surface area (Å²) < 4.78 is 4.43. The minimum absolute atomic E-state index is 0.260. The van der Waals surface area contributed by atoms with Gasteiger partial charge in [0, 0.05) is 22.6 Å². The van der Waals surface area contributed by atoms with Crippen LogP contribution < -0.4 is 11.1 Å². The molecule has 0 bridgehead atoms. The van der Waals surface area contributed by atoms with Gasteiger partial charge in [-0.05, 0) is 57.5 Å². The zero-order valence-corrected chi connectivity index (χ0v) is 17.1. The van der Waals surface area contributed by atoms with Crippen LogP contribution in [0.15, 0.2) is 53.5 Å². The van der Waals surface area contributed by atoms with Crippen LogP contribution in [0.5, 0.6) is 0 Å². The van der Waals surface area contributed by atoms with Crippen molar-refractivity contribution in [1.29, 1.82) is 0 Å². The van der Waals surface area contributed by atoms with Gasteiger partial charge in [-0.3, -0.25) is 9.88 Å². The van der Waals surface area contributed by atoms with E-state index >= 15 is 0 Å². The molecule has 29 heavy (non-hydrogen) atoms. The van der Waals surface area contributed by atoms with Crippen LogP contribution in [0.25, 0.3) is 16.7 Å². The zero-order valence-electron chi connectivity index (χ0n) is 17.1.